The van der Waals surface area contributed by atoms with Gasteiger partial charge in [0.2, 0.25) is 0 Å². The van der Waals surface area contributed by atoms with E-state index < -0.39 is 17.7 Å². The van der Waals surface area contributed by atoms with E-state index in [1.54, 1.807) is 24.6 Å². The zero-order chi connectivity index (χ0) is 23.9. The average Bonchev–Trinajstić information content (AvgIpc) is 3.24. The maximum absolute atomic E-state index is 13.2. The van der Waals surface area contributed by atoms with Gasteiger partial charge in [0.1, 0.15) is 11.3 Å². The summed E-state index contributed by atoms with van der Waals surface area (Å²) in [6.07, 6.45) is 1.78. The van der Waals surface area contributed by atoms with Crippen LogP contribution in [0.3, 0.4) is 0 Å². The van der Waals surface area contributed by atoms with Crippen LogP contribution in [-0.2, 0) is 19.7 Å². The number of amides is 1. The van der Waals surface area contributed by atoms with Crippen LogP contribution in [-0.4, -0.2) is 51.3 Å². The number of aliphatic hydroxyl groups is 1. The molecule has 1 unspecified atom stereocenters. The number of ketones is 1. The molecule has 33 heavy (non-hydrogen) atoms. The molecule has 2 aromatic heterocycles. The number of imidazole rings is 1. The van der Waals surface area contributed by atoms with E-state index in [4.69, 9.17) is 4.74 Å². The minimum absolute atomic E-state index is 0.0377. The predicted molar refractivity (Wildman–Crippen MR) is 126 cm³/mol. The van der Waals surface area contributed by atoms with Gasteiger partial charge in [-0.1, -0.05) is 51.1 Å². The van der Waals surface area contributed by atoms with Crippen LogP contribution in [0.2, 0.25) is 0 Å². The molecule has 1 atom stereocenters. The van der Waals surface area contributed by atoms with Crippen molar-refractivity contribution in [3.63, 3.8) is 0 Å². The number of carbonyl (C=O) groups is 2. The number of likely N-dealkylation sites (tertiary alicyclic amines) is 1. The number of fused-ring (bicyclic) bond motifs is 1. The van der Waals surface area contributed by atoms with Crippen LogP contribution in [0.15, 0.2) is 54.2 Å². The third-order valence-electron chi connectivity index (χ3n) is 6.10. The highest BCUT2D eigenvalue weighted by Crippen LogP contribution is 2.40. The minimum atomic E-state index is -0.720. The molecule has 1 fully saturated rings. The van der Waals surface area contributed by atoms with E-state index in [0.29, 0.717) is 17.0 Å². The van der Waals surface area contributed by atoms with Crippen molar-refractivity contribution in [2.45, 2.75) is 39.2 Å². The Labute approximate surface area is 193 Å². The Hall–Kier alpha value is -3.45. The monoisotopic (exact) mass is 447 g/mol. The zero-order valence-electron chi connectivity index (χ0n) is 19.6. The van der Waals surface area contributed by atoms with E-state index in [1.165, 1.54) is 4.90 Å². The molecule has 0 aliphatic carbocycles. The third-order valence-corrected chi connectivity index (χ3v) is 6.10. The fourth-order valence-corrected chi connectivity index (χ4v) is 4.34. The van der Waals surface area contributed by atoms with Gasteiger partial charge in [-0.05, 0) is 35.6 Å². The number of hydrogen-bond acceptors (Lipinski definition) is 5. The largest absolute Gasteiger partial charge is 0.505 e. The van der Waals surface area contributed by atoms with Crippen LogP contribution in [0.1, 0.15) is 49.3 Å². The quantitative estimate of drug-likeness (QED) is 0.363. The van der Waals surface area contributed by atoms with Gasteiger partial charge >= 0.3 is 0 Å². The molecule has 0 radical (unpaired) electrons. The Morgan fingerprint density at radius 1 is 1.12 bits per heavy atom. The Kier molecular flexibility index (Phi) is 5.84. The predicted octanol–water partition coefficient (Wildman–Crippen LogP) is 4.01. The maximum Gasteiger partial charge on any atom is 0.295 e. The van der Waals surface area contributed by atoms with Crippen molar-refractivity contribution < 1.29 is 19.4 Å². The molecule has 1 N–H and O–H groups in total. The molecule has 0 saturated carbocycles. The first-order valence-corrected chi connectivity index (χ1v) is 11.0. The normalized spacial score (nSPS) is 18.5. The highest BCUT2D eigenvalue weighted by atomic mass is 16.5. The maximum atomic E-state index is 13.2. The Balaban J connectivity index is 1.91. The summed E-state index contributed by atoms with van der Waals surface area (Å²) in [6, 6.07) is 12.6. The molecule has 3 heterocycles. The third kappa shape index (κ3) is 3.93. The summed E-state index contributed by atoms with van der Waals surface area (Å²) in [5.74, 6) is -1.59. The Morgan fingerprint density at radius 3 is 2.45 bits per heavy atom. The molecule has 1 aliphatic rings. The molecular weight excluding hydrogens is 418 g/mol. The smallest absolute Gasteiger partial charge is 0.295 e. The van der Waals surface area contributed by atoms with Crippen LogP contribution in [0.4, 0.5) is 0 Å². The van der Waals surface area contributed by atoms with Gasteiger partial charge in [-0.3, -0.25) is 14.0 Å². The number of aryl methyl sites for hydroxylation is 1. The van der Waals surface area contributed by atoms with E-state index >= 15 is 0 Å². The Morgan fingerprint density at radius 2 is 1.82 bits per heavy atom. The fraction of sp³-hybridized carbons (Fsp3) is 0.346. The summed E-state index contributed by atoms with van der Waals surface area (Å²) in [5.41, 5.74) is 3.55. The van der Waals surface area contributed by atoms with Gasteiger partial charge in [-0.2, -0.15) is 0 Å². The molecule has 0 bridgehead atoms. The minimum Gasteiger partial charge on any atom is -0.505 e. The van der Waals surface area contributed by atoms with Gasteiger partial charge in [0, 0.05) is 19.9 Å². The molecule has 4 rings (SSSR count). The first-order valence-electron chi connectivity index (χ1n) is 11.0. The second-order valence-electron chi connectivity index (χ2n) is 9.33. The van der Waals surface area contributed by atoms with Crippen molar-refractivity contribution in [1.82, 2.24) is 14.3 Å². The molecule has 1 saturated heterocycles. The number of rotatable bonds is 5. The second-order valence-corrected chi connectivity index (χ2v) is 9.33. The molecule has 1 amide bonds. The summed E-state index contributed by atoms with van der Waals surface area (Å²) in [5, 5.41) is 11.4. The lowest BCUT2D eigenvalue weighted by atomic mass is 9.85. The van der Waals surface area contributed by atoms with E-state index in [9.17, 15) is 14.7 Å². The van der Waals surface area contributed by atoms with E-state index in [0.717, 1.165) is 11.1 Å². The average molecular weight is 448 g/mol. The van der Waals surface area contributed by atoms with Gasteiger partial charge in [0.25, 0.3) is 11.7 Å². The number of aromatic nitrogens is 2. The molecule has 7 heteroatoms. The molecule has 0 spiro atoms. The van der Waals surface area contributed by atoms with Crippen LogP contribution < -0.4 is 0 Å². The number of hydrogen-bond donors (Lipinski definition) is 1. The zero-order valence-corrected chi connectivity index (χ0v) is 19.6. The van der Waals surface area contributed by atoms with Crippen molar-refractivity contribution in [3.8, 4) is 0 Å². The number of aliphatic hydroxyl groups excluding tert-OH is 1. The number of pyridine rings is 1. The van der Waals surface area contributed by atoms with Crippen LogP contribution >= 0.6 is 0 Å². The van der Waals surface area contributed by atoms with Crippen molar-refractivity contribution >= 4 is 23.1 Å². The number of Topliss-reactive ketones (excluding diaryl/α,β-unsaturated/α-hetero) is 1. The lowest BCUT2D eigenvalue weighted by Gasteiger charge is -2.26. The van der Waals surface area contributed by atoms with Gasteiger partial charge in [0.05, 0.1) is 23.9 Å². The number of nitrogens with zero attached hydrogens (tertiary/aromatic N) is 3. The first kappa shape index (κ1) is 22.7. The molecule has 172 valence electrons. The van der Waals surface area contributed by atoms with Crippen LogP contribution in [0.5, 0.6) is 0 Å². The van der Waals surface area contributed by atoms with Gasteiger partial charge < -0.3 is 14.7 Å². The van der Waals surface area contributed by atoms with E-state index in [-0.39, 0.29) is 29.9 Å². The van der Waals surface area contributed by atoms with Crippen LogP contribution in [0, 0.1) is 6.92 Å². The molecular formula is C26H29N3O4. The van der Waals surface area contributed by atoms with E-state index in [1.807, 2.05) is 42.5 Å². The van der Waals surface area contributed by atoms with Crippen molar-refractivity contribution in [2.75, 3.05) is 20.3 Å². The molecule has 7 nitrogen and oxygen atoms in total. The lowest BCUT2D eigenvalue weighted by Crippen LogP contribution is -2.32. The molecule has 3 aromatic rings. The standard InChI is InChI=1S/C26H29N3O4/c1-16-21(28-13-7-6-8-19(28)27-16)23(30)20-22(29(14-15-33-5)25(32)24(20)31)17-9-11-18(12-10-17)26(2,3)4/h6-13,22,30H,14-15H2,1-5H3/b23-20+. The molecule has 1 aromatic carbocycles. The number of ether oxygens (including phenoxy) is 1. The summed E-state index contributed by atoms with van der Waals surface area (Å²) in [4.78, 5) is 32.2. The topological polar surface area (TPSA) is 84.1 Å². The summed E-state index contributed by atoms with van der Waals surface area (Å²) >= 11 is 0. The number of carbonyl (C=O) groups excluding carboxylic acids is 2. The highest BCUT2D eigenvalue weighted by molar-refractivity contribution is 6.46. The fourth-order valence-electron chi connectivity index (χ4n) is 4.34. The highest BCUT2D eigenvalue weighted by Gasteiger charge is 2.46. The second kappa shape index (κ2) is 8.48. The van der Waals surface area contributed by atoms with Gasteiger partial charge in [0.15, 0.2) is 5.76 Å². The van der Waals surface area contributed by atoms with E-state index in [2.05, 4.69) is 25.8 Å². The number of methoxy groups -OCH3 is 1. The molecule has 1 aliphatic heterocycles. The van der Waals surface area contributed by atoms with Crippen molar-refractivity contribution in [1.29, 1.82) is 0 Å². The number of benzene rings is 1. The van der Waals surface area contributed by atoms with Gasteiger partial charge in [-0.25, -0.2) is 4.98 Å². The summed E-state index contributed by atoms with van der Waals surface area (Å²) in [6.45, 7) is 8.66. The van der Waals surface area contributed by atoms with Crippen molar-refractivity contribution in [3.05, 3.63) is 76.7 Å². The summed E-state index contributed by atoms with van der Waals surface area (Å²) in [7, 11) is 1.55. The lowest BCUT2D eigenvalue weighted by molar-refractivity contribution is -0.140. The Bertz CT molecular complexity index is 1250. The van der Waals surface area contributed by atoms with Crippen LogP contribution in [0.25, 0.3) is 11.4 Å². The van der Waals surface area contributed by atoms with Gasteiger partial charge in [-0.15, -0.1) is 0 Å². The summed E-state index contributed by atoms with van der Waals surface area (Å²) < 4.78 is 6.91. The SMILES string of the molecule is COCCN1C(=O)C(=O)/C(=C(/O)c2c(C)nc3ccccn23)C1c1ccc(C(C)(C)C)cc1. The van der Waals surface area contributed by atoms with Crippen molar-refractivity contribution in [2.24, 2.45) is 0 Å². The first-order chi connectivity index (χ1) is 15.6.